The van der Waals surface area contributed by atoms with Gasteiger partial charge in [-0.05, 0) is 44.9 Å². The third-order valence-corrected chi connectivity index (χ3v) is 5.06. The summed E-state index contributed by atoms with van der Waals surface area (Å²) in [4.78, 5) is 25.7. The molecule has 0 bridgehead atoms. The third-order valence-electron chi connectivity index (χ3n) is 4.49. The molecule has 1 N–H and O–H groups in total. The Labute approximate surface area is 179 Å². The summed E-state index contributed by atoms with van der Waals surface area (Å²) in [7, 11) is 0. The van der Waals surface area contributed by atoms with E-state index in [-0.39, 0.29) is 38.0 Å². The van der Waals surface area contributed by atoms with Crippen LogP contribution in [0.3, 0.4) is 0 Å². The number of hydrogen-bond donors (Lipinski definition) is 1. The van der Waals surface area contributed by atoms with Crippen LogP contribution in [0, 0.1) is 18.3 Å². The van der Waals surface area contributed by atoms with Gasteiger partial charge in [-0.25, -0.2) is 0 Å². The van der Waals surface area contributed by atoms with E-state index in [9.17, 15) is 20.0 Å². The van der Waals surface area contributed by atoms with Gasteiger partial charge >= 0.3 is 0 Å². The van der Waals surface area contributed by atoms with Crippen LogP contribution in [0.2, 0.25) is 10.0 Å². The zero-order valence-electron chi connectivity index (χ0n) is 16.7. The molecule has 0 saturated heterocycles. The van der Waals surface area contributed by atoms with Crippen LogP contribution in [-0.4, -0.2) is 22.1 Å². The first-order valence-electron chi connectivity index (χ1n) is 9.20. The maximum Gasteiger partial charge on any atom is 0.271 e. The number of rotatable bonds is 7. The molecule has 0 amide bonds. The number of pyridine rings is 1. The van der Waals surface area contributed by atoms with Crippen LogP contribution in [0.4, 0.5) is 0 Å². The molecular formula is C21H22Cl2N2O4. The first-order valence-corrected chi connectivity index (χ1v) is 9.95. The quantitative estimate of drug-likeness (QED) is 0.485. The number of ether oxygens (including phenoxy) is 1. The predicted molar refractivity (Wildman–Crippen MR) is 113 cm³/mol. The van der Waals surface area contributed by atoms with E-state index in [0.29, 0.717) is 6.61 Å². The molecule has 1 aromatic heterocycles. The maximum absolute atomic E-state index is 13.2. The van der Waals surface area contributed by atoms with Crippen LogP contribution in [0.5, 0.6) is 11.6 Å². The Bertz CT molecular complexity index is 1030. The minimum Gasteiger partial charge on any atom is -0.494 e. The van der Waals surface area contributed by atoms with Gasteiger partial charge in [-0.1, -0.05) is 36.5 Å². The lowest BCUT2D eigenvalue weighted by atomic mass is 9.97. The number of halogens is 2. The molecule has 1 heterocycles. The van der Waals surface area contributed by atoms with Crippen molar-refractivity contribution < 1.29 is 14.6 Å². The van der Waals surface area contributed by atoms with Gasteiger partial charge in [-0.2, -0.15) is 5.26 Å². The van der Waals surface area contributed by atoms with Crippen molar-refractivity contribution in [1.29, 1.82) is 5.26 Å². The molecule has 0 radical (unpaired) electrons. The summed E-state index contributed by atoms with van der Waals surface area (Å²) < 4.78 is 6.60. The molecule has 154 valence electrons. The Kier molecular flexibility index (Phi) is 7.34. The van der Waals surface area contributed by atoms with Crippen molar-refractivity contribution in [1.82, 2.24) is 4.57 Å². The first-order chi connectivity index (χ1) is 13.6. The number of ketones is 1. The zero-order chi connectivity index (χ0) is 21.9. The van der Waals surface area contributed by atoms with Crippen molar-refractivity contribution in [3.63, 3.8) is 0 Å². The molecule has 0 fully saturated rings. The molecule has 0 saturated carbocycles. The van der Waals surface area contributed by atoms with Crippen molar-refractivity contribution in [3.05, 3.63) is 54.8 Å². The summed E-state index contributed by atoms with van der Waals surface area (Å²) in [5.41, 5.74) is -0.769. The van der Waals surface area contributed by atoms with E-state index in [4.69, 9.17) is 27.9 Å². The largest absolute Gasteiger partial charge is 0.494 e. The van der Waals surface area contributed by atoms with Crippen molar-refractivity contribution in [2.24, 2.45) is 0 Å². The van der Waals surface area contributed by atoms with Crippen molar-refractivity contribution >= 4 is 29.0 Å². The van der Waals surface area contributed by atoms with Crippen LogP contribution >= 0.6 is 23.2 Å². The molecule has 0 unspecified atom stereocenters. The number of unbranched alkanes of at least 4 members (excludes halogenated alkanes) is 1. The number of carbonyl (C=O) groups is 1. The monoisotopic (exact) mass is 436 g/mol. The van der Waals surface area contributed by atoms with Crippen molar-refractivity contribution in [2.45, 2.75) is 46.6 Å². The first kappa shape index (κ1) is 22.8. The second-order valence-corrected chi connectivity index (χ2v) is 7.69. The minimum absolute atomic E-state index is 0.104. The van der Waals surface area contributed by atoms with Crippen molar-refractivity contribution in [3.8, 4) is 17.7 Å². The second kappa shape index (κ2) is 9.34. The van der Waals surface area contributed by atoms with Gasteiger partial charge in [0.25, 0.3) is 5.56 Å². The summed E-state index contributed by atoms with van der Waals surface area (Å²) >= 11 is 12.5. The summed E-state index contributed by atoms with van der Waals surface area (Å²) in [5, 5.41) is 20.4. The molecule has 2 rings (SSSR count). The highest BCUT2D eigenvalue weighted by molar-refractivity contribution is 6.38. The fourth-order valence-corrected chi connectivity index (χ4v) is 3.56. The minimum atomic E-state index is -0.648. The number of benzene rings is 1. The molecule has 0 atom stereocenters. The number of aromatic hydroxyl groups is 1. The highest BCUT2D eigenvalue weighted by Gasteiger charge is 2.27. The van der Waals surface area contributed by atoms with Gasteiger partial charge in [0.05, 0.1) is 22.2 Å². The van der Waals surface area contributed by atoms with Crippen molar-refractivity contribution in [2.75, 3.05) is 6.61 Å². The number of nitrogens with zero attached hydrogens (tertiary/aromatic N) is 2. The van der Waals surface area contributed by atoms with E-state index in [1.165, 1.54) is 19.1 Å². The van der Waals surface area contributed by atoms with Gasteiger partial charge in [-0.3, -0.25) is 14.2 Å². The number of carbonyl (C=O) groups excluding carboxylic acids is 1. The highest BCUT2D eigenvalue weighted by Crippen LogP contribution is 2.36. The summed E-state index contributed by atoms with van der Waals surface area (Å²) in [6.45, 7) is 7.25. The van der Waals surface area contributed by atoms with Gasteiger partial charge in [0.1, 0.15) is 11.6 Å². The number of nitriles is 1. The standard InChI is InChI=1S/C21H22Cl2N2O4/c1-5-6-7-29-19-15(22)8-13(9-16(19)23)18(26)17-12(4)14(10-24)20(27)25(11(2)3)21(17)28/h8-9,11,28H,5-7H2,1-4H3. The van der Waals surface area contributed by atoms with Gasteiger partial charge in [-0.15, -0.1) is 0 Å². The lowest BCUT2D eigenvalue weighted by molar-refractivity contribution is 0.103. The molecule has 29 heavy (non-hydrogen) atoms. The van der Waals surface area contributed by atoms with Gasteiger partial charge in [0.2, 0.25) is 5.88 Å². The fraction of sp³-hybridized carbons (Fsp3) is 0.381. The highest BCUT2D eigenvalue weighted by atomic mass is 35.5. The van der Waals surface area contributed by atoms with E-state index >= 15 is 0 Å². The van der Waals surface area contributed by atoms with E-state index < -0.39 is 23.3 Å². The average Bonchev–Trinajstić information content (AvgIpc) is 2.63. The zero-order valence-corrected chi connectivity index (χ0v) is 18.2. The molecule has 0 spiro atoms. The second-order valence-electron chi connectivity index (χ2n) is 6.88. The fourth-order valence-electron chi connectivity index (χ4n) is 2.96. The van der Waals surface area contributed by atoms with E-state index in [0.717, 1.165) is 17.4 Å². The molecule has 0 aliphatic heterocycles. The van der Waals surface area contributed by atoms with Gasteiger partial charge in [0, 0.05) is 11.6 Å². The summed E-state index contributed by atoms with van der Waals surface area (Å²) in [6, 6.07) is 4.16. The predicted octanol–water partition coefficient (Wildman–Crippen LogP) is 5.03. The summed E-state index contributed by atoms with van der Waals surface area (Å²) in [5.74, 6) is -0.819. The van der Waals surface area contributed by atoms with E-state index in [2.05, 4.69) is 0 Å². The van der Waals surface area contributed by atoms with E-state index in [1.807, 2.05) is 13.0 Å². The third kappa shape index (κ3) is 4.42. The number of hydrogen-bond acceptors (Lipinski definition) is 5. The molecular weight excluding hydrogens is 415 g/mol. The molecule has 6 nitrogen and oxygen atoms in total. The Morgan fingerprint density at radius 3 is 2.38 bits per heavy atom. The normalized spacial score (nSPS) is 10.8. The van der Waals surface area contributed by atoms with Crippen LogP contribution in [0.15, 0.2) is 16.9 Å². The Balaban J connectivity index is 2.63. The molecule has 0 aliphatic carbocycles. The van der Waals surface area contributed by atoms with E-state index in [1.54, 1.807) is 13.8 Å². The molecule has 1 aromatic carbocycles. The lowest BCUT2D eigenvalue weighted by Gasteiger charge is -2.18. The van der Waals surface area contributed by atoms with Gasteiger partial charge in [0.15, 0.2) is 11.5 Å². The van der Waals surface area contributed by atoms with Crippen LogP contribution in [0.1, 0.15) is 66.7 Å². The molecule has 2 aromatic rings. The Morgan fingerprint density at radius 1 is 1.31 bits per heavy atom. The van der Waals surface area contributed by atoms with Crippen LogP contribution in [0.25, 0.3) is 0 Å². The maximum atomic E-state index is 13.2. The Hall–Kier alpha value is -2.49. The van der Waals surface area contributed by atoms with Crippen LogP contribution < -0.4 is 10.3 Å². The SMILES string of the molecule is CCCCOc1c(Cl)cc(C(=O)c2c(C)c(C#N)c(=O)n(C(C)C)c2O)cc1Cl. The number of aromatic nitrogens is 1. The average molecular weight is 437 g/mol. The topological polar surface area (TPSA) is 92.3 Å². The van der Waals surface area contributed by atoms with Gasteiger partial charge < -0.3 is 9.84 Å². The summed E-state index contributed by atoms with van der Waals surface area (Å²) in [6.07, 6.45) is 1.77. The van der Waals surface area contributed by atoms with Crippen LogP contribution in [-0.2, 0) is 0 Å². The molecule has 8 heteroatoms. The molecule has 0 aliphatic rings. The Morgan fingerprint density at radius 2 is 1.90 bits per heavy atom. The lowest BCUT2D eigenvalue weighted by Crippen LogP contribution is -2.28. The smallest absolute Gasteiger partial charge is 0.271 e.